The Balaban J connectivity index is 1.59. The van der Waals surface area contributed by atoms with E-state index < -0.39 is 5.91 Å². The highest BCUT2D eigenvalue weighted by molar-refractivity contribution is 6.25. The predicted octanol–water partition coefficient (Wildman–Crippen LogP) is 2.98. The molecule has 1 aromatic heterocycles. The number of amides is 1. The monoisotopic (exact) mass is 401 g/mol. The minimum absolute atomic E-state index is 0.0202. The fourth-order valence-electron chi connectivity index (χ4n) is 3.85. The molecule has 0 radical (unpaired) electrons. The summed E-state index contributed by atoms with van der Waals surface area (Å²) in [6, 6.07) is 18.7. The zero-order valence-electron chi connectivity index (χ0n) is 16.0. The lowest BCUT2D eigenvalue weighted by Gasteiger charge is -2.13. The molecule has 30 heavy (non-hydrogen) atoms. The normalized spacial score (nSPS) is 11.6. The van der Waals surface area contributed by atoms with Crippen molar-refractivity contribution in [2.75, 3.05) is 18.5 Å². The molecule has 0 saturated heterocycles. The van der Waals surface area contributed by atoms with E-state index in [9.17, 15) is 4.79 Å². The molecule has 0 aliphatic carbocycles. The van der Waals surface area contributed by atoms with E-state index in [1.807, 2.05) is 12.1 Å². The van der Waals surface area contributed by atoms with Gasteiger partial charge in [0.2, 0.25) is 11.8 Å². The van der Waals surface area contributed by atoms with Crippen LogP contribution in [0.25, 0.3) is 32.3 Å². The van der Waals surface area contributed by atoms with Gasteiger partial charge in [-0.2, -0.15) is 4.98 Å². The maximum atomic E-state index is 11.7. The number of aliphatic hydroxyl groups excluding tert-OH is 1. The Morgan fingerprint density at radius 1 is 1.03 bits per heavy atom. The number of nitrogens with zero attached hydrogens (tertiary/aromatic N) is 3. The second-order valence-corrected chi connectivity index (χ2v) is 6.98. The highest BCUT2D eigenvalue weighted by Crippen LogP contribution is 2.38. The molecule has 5 aromatic rings. The second-order valence-electron chi connectivity index (χ2n) is 6.98. The molecule has 8 heteroatoms. The van der Waals surface area contributed by atoms with E-state index in [2.05, 4.69) is 57.9 Å². The third-order valence-corrected chi connectivity index (χ3v) is 5.12. The summed E-state index contributed by atoms with van der Waals surface area (Å²) in [6.07, 6.45) is 0. The molecule has 0 bridgehead atoms. The van der Waals surface area contributed by atoms with Crippen LogP contribution in [0, 0.1) is 0 Å². The zero-order valence-corrected chi connectivity index (χ0v) is 16.0. The Labute approximate surface area is 171 Å². The quantitative estimate of drug-likeness (QED) is 0.285. The van der Waals surface area contributed by atoms with Gasteiger partial charge in [-0.15, -0.1) is 5.10 Å². The summed E-state index contributed by atoms with van der Waals surface area (Å²) in [5.41, 5.74) is 6.24. The number of rotatable bonds is 7. The van der Waals surface area contributed by atoms with Crippen LogP contribution >= 0.6 is 0 Å². The maximum absolute atomic E-state index is 11.7. The van der Waals surface area contributed by atoms with Crippen molar-refractivity contribution in [2.24, 2.45) is 5.73 Å². The first-order valence-corrected chi connectivity index (χ1v) is 9.52. The van der Waals surface area contributed by atoms with E-state index in [4.69, 9.17) is 15.6 Å². The van der Waals surface area contributed by atoms with Crippen LogP contribution in [0.2, 0.25) is 0 Å². The molecule has 0 fully saturated rings. The third-order valence-electron chi connectivity index (χ3n) is 5.12. The standard InChI is InChI=1S/C22H19N5O3/c23-20(29)21-25-22(26-27(21)12-30-11-10-28)24-17-9-7-15-5-4-13-2-1-3-14-6-8-16(17)19(15)18(13)14/h1-9,28H,10-12H2,(H2,23,29)(H,24,26). The minimum atomic E-state index is -0.710. The molecule has 150 valence electrons. The molecule has 5 rings (SSSR count). The first kappa shape index (κ1) is 18.3. The number of hydrogen-bond acceptors (Lipinski definition) is 6. The van der Waals surface area contributed by atoms with E-state index in [0.29, 0.717) is 0 Å². The highest BCUT2D eigenvalue weighted by atomic mass is 16.5. The van der Waals surface area contributed by atoms with E-state index in [-0.39, 0.29) is 31.7 Å². The number of anilines is 2. The summed E-state index contributed by atoms with van der Waals surface area (Å²) in [6.45, 7) is -0.0454. The van der Waals surface area contributed by atoms with Gasteiger partial charge >= 0.3 is 0 Å². The van der Waals surface area contributed by atoms with Crippen molar-refractivity contribution in [1.29, 1.82) is 0 Å². The fourth-order valence-corrected chi connectivity index (χ4v) is 3.85. The smallest absolute Gasteiger partial charge is 0.286 e. The van der Waals surface area contributed by atoms with Gasteiger partial charge < -0.3 is 20.9 Å². The van der Waals surface area contributed by atoms with Gasteiger partial charge in [-0.1, -0.05) is 48.5 Å². The van der Waals surface area contributed by atoms with Crippen molar-refractivity contribution in [2.45, 2.75) is 6.73 Å². The summed E-state index contributed by atoms with van der Waals surface area (Å²) in [4.78, 5) is 15.9. The number of aromatic nitrogens is 3. The fraction of sp³-hybridized carbons (Fsp3) is 0.136. The van der Waals surface area contributed by atoms with Crippen molar-refractivity contribution in [3.05, 3.63) is 60.4 Å². The average Bonchev–Trinajstić information content (AvgIpc) is 3.16. The summed E-state index contributed by atoms with van der Waals surface area (Å²) in [5.74, 6) is -0.488. The Bertz CT molecular complexity index is 1360. The largest absolute Gasteiger partial charge is 0.394 e. The Morgan fingerprint density at radius 3 is 2.47 bits per heavy atom. The number of carbonyl (C=O) groups excluding carboxylic acids is 1. The van der Waals surface area contributed by atoms with Gasteiger partial charge in [-0.25, -0.2) is 4.68 Å². The van der Waals surface area contributed by atoms with Crippen molar-refractivity contribution >= 4 is 49.9 Å². The van der Waals surface area contributed by atoms with Crippen LogP contribution in [0.3, 0.4) is 0 Å². The van der Waals surface area contributed by atoms with Crippen molar-refractivity contribution < 1.29 is 14.6 Å². The van der Waals surface area contributed by atoms with Gasteiger partial charge in [0.25, 0.3) is 5.91 Å². The average molecular weight is 401 g/mol. The minimum Gasteiger partial charge on any atom is -0.394 e. The van der Waals surface area contributed by atoms with Gasteiger partial charge in [-0.3, -0.25) is 4.79 Å². The topological polar surface area (TPSA) is 115 Å². The number of carbonyl (C=O) groups is 1. The van der Waals surface area contributed by atoms with Crippen LogP contribution in [-0.4, -0.2) is 39.0 Å². The van der Waals surface area contributed by atoms with Crippen molar-refractivity contribution in [1.82, 2.24) is 14.8 Å². The van der Waals surface area contributed by atoms with Crippen molar-refractivity contribution in [3.8, 4) is 0 Å². The molecule has 0 saturated carbocycles. The molecular weight excluding hydrogens is 382 g/mol. The van der Waals surface area contributed by atoms with Gasteiger partial charge in [-0.05, 0) is 33.0 Å². The lowest BCUT2D eigenvalue weighted by molar-refractivity contribution is 0.0399. The SMILES string of the molecule is NC(=O)c1nc(Nc2ccc3ccc4cccc5ccc2c3c45)nn1COCCO. The Kier molecular flexibility index (Phi) is 4.42. The van der Waals surface area contributed by atoms with Crippen LogP contribution in [-0.2, 0) is 11.5 Å². The third kappa shape index (κ3) is 2.99. The van der Waals surface area contributed by atoms with Gasteiger partial charge in [0.15, 0.2) is 0 Å². The maximum Gasteiger partial charge on any atom is 0.286 e. The number of ether oxygens (including phenoxy) is 1. The number of primary amides is 1. The summed E-state index contributed by atoms with van der Waals surface area (Å²) >= 11 is 0. The molecule has 0 aliphatic rings. The number of hydrogen-bond donors (Lipinski definition) is 3. The van der Waals surface area contributed by atoms with Crippen LogP contribution in [0.1, 0.15) is 10.6 Å². The van der Waals surface area contributed by atoms with E-state index in [1.54, 1.807) is 0 Å². The Morgan fingerprint density at radius 2 is 1.73 bits per heavy atom. The second kappa shape index (κ2) is 7.25. The number of nitrogens with one attached hydrogen (secondary N) is 1. The number of nitrogens with two attached hydrogens (primary N) is 1. The molecule has 0 aliphatic heterocycles. The molecule has 1 amide bonds. The molecule has 8 nitrogen and oxygen atoms in total. The van der Waals surface area contributed by atoms with Gasteiger partial charge in [0.05, 0.1) is 13.2 Å². The van der Waals surface area contributed by atoms with E-state index in [0.717, 1.165) is 21.8 Å². The van der Waals surface area contributed by atoms with Crippen LogP contribution < -0.4 is 11.1 Å². The van der Waals surface area contributed by atoms with Crippen LogP contribution in [0.5, 0.6) is 0 Å². The lowest BCUT2D eigenvalue weighted by Crippen LogP contribution is -2.20. The van der Waals surface area contributed by atoms with Crippen molar-refractivity contribution in [3.63, 3.8) is 0 Å². The molecule has 1 heterocycles. The number of benzene rings is 4. The molecule has 0 spiro atoms. The number of aliphatic hydroxyl groups is 1. The predicted molar refractivity (Wildman–Crippen MR) is 115 cm³/mol. The summed E-state index contributed by atoms with van der Waals surface area (Å²) in [7, 11) is 0. The van der Waals surface area contributed by atoms with E-state index >= 15 is 0 Å². The molecule has 4 aromatic carbocycles. The van der Waals surface area contributed by atoms with Gasteiger partial charge in [0, 0.05) is 11.1 Å². The summed E-state index contributed by atoms with van der Waals surface area (Å²) < 4.78 is 6.52. The molecule has 0 atom stereocenters. The summed E-state index contributed by atoms with van der Waals surface area (Å²) in [5, 5.41) is 23.3. The van der Waals surface area contributed by atoms with E-state index in [1.165, 1.54) is 20.8 Å². The first-order valence-electron chi connectivity index (χ1n) is 9.52. The Hall–Kier alpha value is -3.75. The first-order chi connectivity index (χ1) is 14.7. The zero-order chi connectivity index (χ0) is 20.7. The highest BCUT2D eigenvalue weighted by Gasteiger charge is 2.17. The molecular formula is C22H19N5O3. The van der Waals surface area contributed by atoms with Crippen LogP contribution in [0.15, 0.2) is 54.6 Å². The van der Waals surface area contributed by atoms with Crippen LogP contribution in [0.4, 0.5) is 11.6 Å². The molecule has 4 N–H and O–H groups in total. The lowest BCUT2D eigenvalue weighted by atomic mass is 9.93. The molecule has 0 unspecified atom stereocenters. The van der Waals surface area contributed by atoms with Gasteiger partial charge in [0.1, 0.15) is 6.73 Å².